The van der Waals surface area contributed by atoms with Gasteiger partial charge in [0.25, 0.3) is 0 Å². The van der Waals surface area contributed by atoms with E-state index < -0.39 is 0 Å². The molecule has 28 heavy (non-hydrogen) atoms. The molecule has 0 bridgehead atoms. The van der Waals surface area contributed by atoms with Crippen LogP contribution in [-0.2, 0) is 4.79 Å². The van der Waals surface area contributed by atoms with Gasteiger partial charge in [-0.1, -0.05) is 18.2 Å². The molecule has 3 aromatic rings. The smallest absolute Gasteiger partial charge is 0.240 e. The number of rotatable bonds is 4. The van der Waals surface area contributed by atoms with Crippen LogP contribution >= 0.6 is 0 Å². The van der Waals surface area contributed by atoms with E-state index in [2.05, 4.69) is 32.0 Å². The van der Waals surface area contributed by atoms with Crippen molar-refractivity contribution in [2.24, 2.45) is 0 Å². The average molecular weight is 379 g/mol. The summed E-state index contributed by atoms with van der Waals surface area (Å²) in [4.78, 5) is 18.9. The highest BCUT2D eigenvalue weighted by Crippen LogP contribution is 2.27. The number of benzene rings is 1. The van der Waals surface area contributed by atoms with E-state index in [1.165, 1.54) is 0 Å². The van der Waals surface area contributed by atoms with Crippen LogP contribution in [0.25, 0.3) is 5.65 Å². The largest absolute Gasteiger partial charge is 0.366 e. The second-order valence-electron chi connectivity index (χ2n) is 7.21. The van der Waals surface area contributed by atoms with E-state index >= 15 is 0 Å². The number of hydrogen-bond donors (Lipinski definition) is 0. The number of aromatic nitrogens is 4. The minimum Gasteiger partial charge on any atom is -0.366 e. The summed E-state index contributed by atoms with van der Waals surface area (Å²) < 4.78 is 1.74. The van der Waals surface area contributed by atoms with E-state index in [4.69, 9.17) is 0 Å². The van der Waals surface area contributed by atoms with E-state index in [-0.39, 0.29) is 5.91 Å². The maximum absolute atomic E-state index is 12.6. The van der Waals surface area contributed by atoms with Crippen molar-refractivity contribution < 1.29 is 4.79 Å². The second kappa shape index (κ2) is 7.55. The van der Waals surface area contributed by atoms with Gasteiger partial charge >= 0.3 is 0 Å². The van der Waals surface area contributed by atoms with Crippen molar-refractivity contribution >= 4 is 22.9 Å². The minimum absolute atomic E-state index is 0.107. The van der Waals surface area contributed by atoms with E-state index in [0.29, 0.717) is 6.54 Å². The highest BCUT2D eigenvalue weighted by atomic mass is 16.2. The highest BCUT2D eigenvalue weighted by molar-refractivity contribution is 5.94. The Kier molecular flexibility index (Phi) is 4.95. The van der Waals surface area contributed by atoms with Gasteiger partial charge in [0, 0.05) is 38.9 Å². The molecule has 146 valence electrons. The molecule has 0 atom stereocenters. The molecule has 4 rings (SSSR count). The van der Waals surface area contributed by atoms with Gasteiger partial charge in [-0.25, -0.2) is 0 Å². The fourth-order valence-corrected chi connectivity index (χ4v) is 3.64. The number of carbonyl (C=O) groups is 1. The highest BCUT2D eigenvalue weighted by Gasteiger charge is 2.24. The van der Waals surface area contributed by atoms with Crippen molar-refractivity contribution in [1.82, 2.24) is 24.7 Å². The van der Waals surface area contributed by atoms with E-state index in [0.717, 1.165) is 54.5 Å². The fourth-order valence-electron chi connectivity index (χ4n) is 3.64. The van der Waals surface area contributed by atoms with Gasteiger partial charge in [0.15, 0.2) is 0 Å². The lowest BCUT2D eigenvalue weighted by molar-refractivity contribution is -0.119. The van der Waals surface area contributed by atoms with Crippen LogP contribution in [0.3, 0.4) is 0 Å². The summed E-state index contributed by atoms with van der Waals surface area (Å²) in [5, 5.41) is 12.8. The molecule has 1 aliphatic heterocycles. The predicted molar refractivity (Wildman–Crippen MR) is 109 cm³/mol. The molecule has 8 heteroatoms. The third-order valence-corrected chi connectivity index (χ3v) is 5.46. The summed E-state index contributed by atoms with van der Waals surface area (Å²) >= 11 is 0. The van der Waals surface area contributed by atoms with Gasteiger partial charge in [-0.05, 0) is 31.5 Å². The molecule has 1 fully saturated rings. The summed E-state index contributed by atoms with van der Waals surface area (Å²) in [6, 6.07) is 9.75. The molecule has 2 aromatic heterocycles. The molecule has 0 spiro atoms. The Labute approximate surface area is 164 Å². The summed E-state index contributed by atoms with van der Waals surface area (Å²) in [5.74, 6) is 0.107. The summed E-state index contributed by atoms with van der Waals surface area (Å²) in [5.41, 5.74) is 4.91. The van der Waals surface area contributed by atoms with E-state index in [9.17, 15) is 4.79 Å². The number of carbonyl (C=O) groups excluding carboxylic acids is 1. The third kappa shape index (κ3) is 3.43. The summed E-state index contributed by atoms with van der Waals surface area (Å²) in [6.07, 6.45) is 1.64. The van der Waals surface area contributed by atoms with Gasteiger partial charge in [-0.2, -0.15) is 9.61 Å². The van der Waals surface area contributed by atoms with Crippen molar-refractivity contribution in [3.8, 4) is 0 Å². The van der Waals surface area contributed by atoms with Crippen LogP contribution in [0, 0.1) is 13.8 Å². The first-order chi connectivity index (χ1) is 13.5. The van der Waals surface area contributed by atoms with Crippen molar-refractivity contribution in [2.45, 2.75) is 13.8 Å². The Morgan fingerprint density at radius 3 is 2.54 bits per heavy atom. The maximum atomic E-state index is 12.6. The first-order valence-electron chi connectivity index (χ1n) is 9.50. The first kappa shape index (κ1) is 18.4. The number of amides is 1. The molecule has 1 amide bonds. The SMILES string of the molecule is Cc1nn2cnnc2c(N2CCN(CC(=O)N(C)c3ccccc3)CC2)c1C. The lowest BCUT2D eigenvalue weighted by atomic mass is 10.1. The molecule has 1 aliphatic rings. The quantitative estimate of drug-likeness (QED) is 0.685. The average Bonchev–Trinajstić information content (AvgIpc) is 3.17. The number of para-hydroxylation sites is 1. The monoisotopic (exact) mass is 379 g/mol. The van der Waals surface area contributed by atoms with Crippen molar-refractivity contribution in [3.05, 3.63) is 47.9 Å². The number of hydrogen-bond acceptors (Lipinski definition) is 6. The van der Waals surface area contributed by atoms with Crippen LogP contribution in [0.1, 0.15) is 11.3 Å². The summed E-state index contributed by atoms with van der Waals surface area (Å²) in [6.45, 7) is 7.85. The van der Waals surface area contributed by atoms with Gasteiger partial charge in [-0.3, -0.25) is 9.69 Å². The Morgan fingerprint density at radius 2 is 1.82 bits per heavy atom. The maximum Gasteiger partial charge on any atom is 0.240 e. The Bertz CT molecular complexity index is 977. The molecule has 8 nitrogen and oxygen atoms in total. The number of nitrogens with zero attached hydrogens (tertiary/aromatic N) is 7. The van der Waals surface area contributed by atoms with Crippen molar-refractivity contribution in [3.63, 3.8) is 0 Å². The number of piperazine rings is 1. The second-order valence-corrected chi connectivity index (χ2v) is 7.21. The molecule has 1 aromatic carbocycles. The first-order valence-corrected chi connectivity index (χ1v) is 9.50. The zero-order valence-electron chi connectivity index (χ0n) is 16.5. The van der Waals surface area contributed by atoms with Crippen LogP contribution in [0.4, 0.5) is 11.4 Å². The molecule has 3 heterocycles. The zero-order valence-corrected chi connectivity index (χ0v) is 16.5. The number of fused-ring (bicyclic) bond motifs is 1. The molecule has 0 N–H and O–H groups in total. The molecule has 1 saturated heterocycles. The van der Waals surface area contributed by atoms with Gasteiger partial charge in [-0.15, -0.1) is 10.2 Å². The normalized spacial score (nSPS) is 15.2. The number of anilines is 2. The molecule has 0 saturated carbocycles. The Hall–Kier alpha value is -3.00. The van der Waals surface area contributed by atoms with Gasteiger partial charge in [0.05, 0.1) is 17.9 Å². The molecule has 0 radical (unpaired) electrons. The van der Waals surface area contributed by atoms with E-state index in [1.54, 1.807) is 15.7 Å². The minimum atomic E-state index is 0.107. The third-order valence-electron chi connectivity index (χ3n) is 5.46. The van der Waals surface area contributed by atoms with Crippen LogP contribution in [-0.4, -0.2) is 70.4 Å². The number of likely N-dealkylation sites (N-methyl/N-ethyl adjacent to an activating group) is 1. The zero-order chi connectivity index (χ0) is 19.7. The Balaban J connectivity index is 1.42. The summed E-state index contributed by atoms with van der Waals surface area (Å²) in [7, 11) is 1.83. The lowest BCUT2D eigenvalue weighted by Crippen LogP contribution is -2.50. The van der Waals surface area contributed by atoms with Crippen LogP contribution in [0.5, 0.6) is 0 Å². The molecule has 0 unspecified atom stereocenters. The molecular formula is C20H25N7O. The van der Waals surface area contributed by atoms with E-state index in [1.807, 2.05) is 44.3 Å². The topological polar surface area (TPSA) is 69.9 Å². The van der Waals surface area contributed by atoms with Crippen LogP contribution < -0.4 is 9.80 Å². The van der Waals surface area contributed by atoms with Gasteiger partial charge in [0.1, 0.15) is 6.33 Å². The van der Waals surface area contributed by atoms with Gasteiger partial charge in [0.2, 0.25) is 11.6 Å². The molecule has 0 aliphatic carbocycles. The van der Waals surface area contributed by atoms with Crippen LogP contribution in [0.2, 0.25) is 0 Å². The standard InChI is InChI=1S/C20H25N7O/c1-15-16(2)23-27-14-21-22-20(27)19(15)26-11-9-25(10-12-26)13-18(28)24(3)17-7-5-4-6-8-17/h4-8,14H,9-13H2,1-3H3. The predicted octanol–water partition coefficient (Wildman–Crippen LogP) is 1.53. The lowest BCUT2D eigenvalue weighted by Gasteiger charge is -2.37. The number of aryl methyl sites for hydroxylation is 1. The fraction of sp³-hybridized carbons (Fsp3) is 0.400. The van der Waals surface area contributed by atoms with Crippen molar-refractivity contribution in [1.29, 1.82) is 0 Å². The molecular weight excluding hydrogens is 354 g/mol. The van der Waals surface area contributed by atoms with Gasteiger partial charge < -0.3 is 9.80 Å². The van der Waals surface area contributed by atoms with Crippen LogP contribution in [0.15, 0.2) is 36.7 Å². The van der Waals surface area contributed by atoms with Crippen molar-refractivity contribution in [2.75, 3.05) is 49.6 Å². The Morgan fingerprint density at radius 1 is 1.11 bits per heavy atom.